The van der Waals surface area contributed by atoms with Crippen molar-refractivity contribution in [2.75, 3.05) is 0 Å². The Morgan fingerprint density at radius 1 is 1.21 bits per heavy atom. The van der Waals surface area contributed by atoms with Crippen LogP contribution in [0.4, 0.5) is 4.39 Å². The molecular weight excluding hydrogens is 357 g/mol. The Kier molecular flexibility index (Phi) is 4.16. The molecule has 0 atom stereocenters. The van der Waals surface area contributed by atoms with Gasteiger partial charge in [0.2, 0.25) is 5.95 Å². The summed E-state index contributed by atoms with van der Waals surface area (Å²) in [5.41, 5.74) is -0.390. The van der Waals surface area contributed by atoms with Crippen LogP contribution in [0.25, 0.3) is 11.3 Å². The molecule has 0 unspecified atom stereocenters. The van der Waals surface area contributed by atoms with E-state index < -0.39 is 16.0 Å². The molecule has 0 saturated carbocycles. The van der Waals surface area contributed by atoms with Crippen LogP contribution in [0, 0.1) is 5.95 Å². The van der Waals surface area contributed by atoms with Crippen molar-refractivity contribution in [2.24, 2.45) is 0 Å². The molecule has 0 aromatic carbocycles. The SMILES string of the molecule is O=Cc1cn(S(=O)(=O)c2cccnc2)c(-c2cccnc2F)c1Cl. The highest BCUT2D eigenvalue weighted by atomic mass is 35.5. The van der Waals surface area contributed by atoms with Crippen LogP contribution in [0.3, 0.4) is 0 Å². The quantitative estimate of drug-likeness (QED) is 0.524. The smallest absolute Gasteiger partial charge is 0.269 e. The molecule has 0 spiro atoms. The van der Waals surface area contributed by atoms with Crippen LogP contribution in [0.2, 0.25) is 5.02 Å². The van der Waals surface area contributed by atoms with Gasteiger partial charge in [0.25, 0.3) is 10.0 Å². The second-order valence-electron chi connectivity index (χ2n) is 4.70. The number of aldehydes is 1. The lowest BCUT2D eigenvalue weighted by atomic mass is 10.2. The first-order chi connectivity index (χ1) is 11.5. The molecule has 0 N–H and O–H groups in total. The number of aromatic nitrogens is 3. The third-order valence-corrected chi connectivity index (χ3v) is 5.31. The second kappa shape index (κ2) is 6.14. The number of hydrogen-bond acceptors (Lipinski definition) is 5. The summed E-state index contributed by atoms with van der Waals surface area (Å²) < 4.78 is 40.5. The standard InChI is InChI=1S/C15H9ClFN3O3S/c16-13-10(9-21)8-20(14(13)12-4-2-6-19-15(12)17)24(22,23)11-3-1-5-18-7-11/h1-9H. The maximum atomic E-state index is 14.1. The van der Waals surface area contributed by atoms with E-state index in [-0.39, 0.29) is 26.7 Å². The molecule has 0 saturated heterocycles. The number of rotatable bonds is 4. The Balaban J connectivity index is 2.34. The normalized spacial score (nSPS) is 11.4. The van der Waals surface area contributed by atoms with Crippen molar-refractivity contribution in [3.8, 4) is 11.3 Å². The number of hydrogen-bond donors (Lipinski definition) is 0. The zero-order valence-electron chi connectivity index (χ0n) is 11.9. The van der Waals surface area contributed by atoms with Crippen molar-refractivity contribution in [1.29, 1.82) is 0 Å². The monoisotopic (exact) mass is 365 g/mol. The lowest BCUT2D eigenvalue weighted by Crippen LogP contribution is -2.14. The summed E-state index contributed by atoms with van der Waals surface area (Å²) in [6, 6.07) is 5.54. The van der Waals surface area contributed by atoms with Gasteiger partial charge in [-0.1, -0.05) is 11.6 Å². The lowest BCUT2D eigenvalue weighted by molar-refractivity contribution is 0.112. The van der Waals surface area contributed by atoms with Gasteiger partial charge in [0.15, 0.2) is 6.29 Å². The Hall–Kier alpha value is -2.58. The van der Waals surface area contributed by atoms with Crippen LogP contribution < -0.4 is 0 Å². The van der Waals surface area contributed by atoms with E-state index in [2.05, 4.69) is 9.97 Å². The predicted octanol–water partition coefficient (Wildman–Crippen LogP) is 2.79. The molecule has 0 fully saturated rings. The molecule has 3 aromatic rings. The number of carbonyl (C=O) groups is 1. The Bertz CT molecular complexity index is 1020. The summed E-state index contributed by atoms with van der Waals surface area (Å²) in [4.78, 5) is 18.3. The molecule has 0 amide bonds. The third-order valence-electron chi connectivity index (χ3n) is 3.27. The molecule has 0 aliphatic heterocycles. The fourth-order valence-electron chi connectivity index (χ4n) is 2.17. The van der Waals surface area contributed by atoms with Gasteiger partial charge < -0.3 is 0 Å². The summed E-state index contributed by atoms with van der Waals surface area (Å²) in [5, 5.41) is -0.177. The van der Waals surface area contributed by atoms with E-state index in [0.717, 1.165) is 16.4 Å². The average Bonchev–Trinajstić information content (AvgIpc) is 2.93. The Labute approximate surface area is 141 Å². The summed E-state index contributed by atoms with van der Waals surface area (Å²) in [6.45, 7) is 0. The van der Waals surface area contributed by atoms with Crippen molar-refractivity contribution in [1.82, 2.24) is 13.9 Å². The van der Waals surface area contributed by atoms with Crippen LogP contribution >= 0.6 is 11.6 Å². The van der Waals surface area contributed by atoms with Gasteiger partial charge in [-0.25, -0.2) is 17.4 Å². The van der Waals surface area contributed by atoms with Gasteiger partial charge in [0.05, 0.1) is 21.8 Å². The van der Waals surface area contributed by atoms with Gasteiger partial charge >= 0.3 is 0 Å². The minimum atomic E-state index is -4.13. The molecule has 24 heavy (non-hydrogen) atoms. The van der Waals surface area contributed by atoms with Crippen LogP contribution in [0.15, 0.2) is 53.9 Å². The average molecular weight is 366 g/mol. The van der Waals surface area contributed by atoms with E-state index in [1.165, 1.54) is 36.7 Å². The Morgan fingerprint density at radius 2 is 1.96 bits per heavy atom. The largest absolute Gasteiger partial charge is 0.298 e. The fourth-order valence-corrected chi connectivity index (χ4v) is 3.86. The lowest BCUT2D eigenvalue weighted by Gasteiger charge is -2.11. The van der Waals surface area contributed by atoms with Crippen LogP contribution in [0.1, 0.15) is 10.4 Å². The van der Waals surface area contributed by atoms with E-state index in [9.17, 15) is 17.6 Å². The number of nitrogens with zero attached hydrogens (tertiary/aromatic N) is 3. The molecule has 0 aliphatic carbocycles. The topological polar surface area (TPSA) is 81.9 Å². The Morgan fingerprint density at radius 3 is 2.58 bits per heavy atom. The summed E-state index contributed by atoms with van der Waals surface area (Å²) in [7, 11) is -4.13. The molecule has 122 valence electrons. The fraction of sp³-hybridized carbons (Fsp3) is 0. The van der Waals surface area contributed by atoms with Crippen molar-refractivity contribution in [2.45, 2.75) is 4.90 Å². The van der Waals surface area contributed by atoms with Crippen molar-refractivity contribution in [3.63, 3.8) is 0 Å². The number of pyridine rings is 2. The molecule has 9 heteroatoms. The summed E-state index contributed by atoms with van der Waals surface area (Å²) >= 11 is 6.10. The molecule has 3 heterocycles. The van der Waals surface area contributed by atoms with Gasteiger partial charge in [-0.15, -0.1) is 0 Å². The zero-order chi connectivity index (χ0) is 17.3. The van der Waals surface area contributed by atoms with Crippen molar-refractivity contribution in [3.05, 3.63) is 65.6 Å². The maximum absolute atomic E-state index is 14.1. The van der Waals surface area contributed by atoms with E-state index in [0.29, 0.717) is 6.29 Å². The summed E-state index contributed by atoms with van der Waals surface area (Å²) in [5.74, 6) is -0.905. The van der Waals surface area contributed by atoms with E-state index in [4.69, 9.17) is 11.6 Å². The first-order valence-electron chi connectivity index (χ1n) is 6.59. The van der Waals surface area contributed by atoms with Crippen molar-refractivity contribution < 1.29 is 17.6 Å². The third kappa shape index (κ3) is 2.59. The minimum absolute atomic E-state index is 0.0811. The molecular formula is C15H9ClFN3O3S. The predicted molar refractivity (Wildman–Crippen MR) is 84.8 cm³/mol. The molecule has 0 bridgehead atoms. The van der Waals surface area contributed by atoms with Crippen LogP contribution in [-0.2, 0) is 10.0 Å². The van der Waals surface area contributed by atoms with Gasteiger partial charge in [-0.3, -0.25) is 9.78 Å². The van der Waals surface area contributed by atoms with E-state index in [1.54, 1.807) is 0 Å². The second-order valence-corrected chi connectivity index (χ2v) is 6.89. The highest BCUT2D eigenvalue weighted by Gasteiger charge is 2.27. The maximum Gasteiger partial charge on any atom is 0.269 e. The van der Waals surface area contributed by atoms with Gasteiger partial charge in [0, 0.05) is 24.8 Å². The summed E-state index contributed by atoms with van der Waals surface area (Å²) in [6.07, 6.45) is 5.22. The van der Waals surface area contributed by atoms with Gasteiger partial charge in [-0.05, 0) is 24.3 Å². The minimum Gasteiger partial charge on any atom is -0.298 e. The zero-order valence-corrected chi connectivity index (χ0v) is 13.5. The van der Waals surface area contributed by atoms with E-state index in [1.807, 2.05) is 0 Å². The first kappa shape index (κ1) is 16.3. The number of halogens is 2. The number of carbonyl (C=O) groups excluding carboxylic acids is 1. The van der Waals surface area contributed by atoms with Gasteiger partial charge in [-0.2, -0.15) is 4.39 Å². The van der Waals surface area contributed by atoms with Gasteiger partial charge in [0.1, 0.15) is 4.90 Å². The van der Waals surface area contributed by atoms with E-state index >= 15 is 0 Å². The van der Waals surface area contributed by atoms with Crippen LogP contribution in [-0.4, -0.2) is 28.6 Å². The first-order valence-corrected chi connectivity index (χ1v) is 8.41. The molecule has 3 rings (SSSR count). The molecule has 6 nitrogen and oxygen atoms in total. The van der Waals surface area contributed by atoms with Crippen LogP contribution in [0.5, 0.6) is 0 Å². The molecule has 0 radical (unpaired) electrons. The highest BCUT2D eigenvalue weighted by Crippen LogP contribution is 2.35. The molecule has 3 aromatic heterocycles. The highest BCUT2D eigenvalue weighted by molar-refractivity contribution is 7.90. The van der Waals surface area contributed by atoms with Crippen molar-refractivity contribution >= 4 is 27.9 Å². The molecule has 0 aliphatic rings.